The Morgan fingerprint density at radius 1 is 1.19 bits per heavy atom. The molecule has 2 N–H and O–H groups in total. The highest BCUT2D eigenvalue weighted by Gasteiger charge is 2.31. The Morgan fingerprint density at radius 3 is 2.65 bits per heavy atom. The Balaban J connectivity index is 0.00000243. The Bertz CT molecular complexity index is 406. The van der Waals surface area contributed by atoms with Crippen LogP contribution in [-0.2, 0) is 9.47 Å². The fourth-order valence-corrected chi connectivity index (χ4v) is 3.68. The van der Waals surface area contributed by atoms with Crippen LogP contribution in [0.5, 0.6) is 0 Å². The average molecular weight is 480 g/mol. The minimum Gasteiger partial charge on any atom is -0.381 e. The van der Waals surface area contributed by atoms with Gasteiger partial charge < -0.3 is 25.0 Å². The molecule has 1 atom stereocenters. The molecule has 2 saturated heterocycles. The van der Waals surface area contributed by atoms with Crippen molar-refractivity contribution in [3.05, 3.63) is 0 Å². The molecule has 6 nitrogen and oxygen atoms in total. The maximum atomic E-state index is 5.75. The van der Waals surface area contributed by atoms with Gasteiger partial charge in [0.05, 0.1) is 13.2 Å². The zero-order valence-corrected chi connectivity index (χ0v) is 18.6. The van der Waals surface area contributed by atoms with Crippen molar-refractivity contribution in [1.29, 1.82) is 0 Å². The van der Waals surface area contributed by atoms with Crippen molar-refractivity contribution < 1.29 is 9.47 Å². The fraction of sp³-hybridized carbons (Fsp3) is 0.947. The average Bonchev–Trinajstić information content (AvgIpc) is 3.35. The molecule has 152 valence electrons. The van der Waals surface area contributed by atoms with Gasteiger partial charge in [-0.2, -0.15) is 0 Å². The molecule has 2 aliphatic heterocycles. The van der Waals surface area contributed by atoms with Crippen LogP contribution in [0.2, 0.25) is 0 Å². The molecule has 3 rings (SSSR count). The summed E-state index contributed by atoms with van der Waals surface area (Å²) in [5.74, 6) is 1.57. The number of halogens is 1. The van der Waals surface area contributed by atoms with E-state index in [1.807, 2.05) is 0 Å². The second kappa shape index (κ2) is 12.4. The molecule has 0 bridgehead atoms. The number of likely N-dealkylation sites (tertiary alicyclic amines) is 1. The molecular weight excluding hydrogens is 443 g/mol. The van der Waals surface area contributed by atoms with Crippen molar-refractivity contribution in [3.63, 3.8) is 0 Å². The fourth-order valence-electron chi connectivity index (χ4n) is 3.68. The van der Waals surface area contributed by atoms with Crippen LogP contribution in [0.1, 0.15) is 45.4 Å². The third-order valence-electron chi connectivity index (χ3n) is 5.37. The molecular formula is C19H37IN4O2. The molecule has 2 heterocycles. The summed E-state index contributed by atoms with van der Waals surface area (Å²) in [5.41, 5.74) is 0. The smallest absolute Gasteiger partial charge is 0.191 e. The topological polar surface area (TPSA) is 58.1 Å². The van der Waals surface area contributed by atoms with Crippen molar-refractivity contribution in [2.24, 2.45) is 10.9 Å². The van der Waals surface area contributed by atoms with Gasteiger partial charge in [0.2, 0.25) is 0 Å². The van der Waals surface area contributed by atoms with Gasteiger partial charge in [0.1, 0.15) is 0 Å². The maximum absolute atomic E-state index is 5.75. The number of hydrogen-bond donors (Lipinski definition) is 2. The van der Waals surface area contributed by atoms with Crippen LogP contribution in [0.3, 0.4) is 0 Å². The number of hydrogen-bond acceptors (Lipinski definition) is 4. The van der Waals surface area contributed by atoms with Crippen LogP contribution in [0.4, 0.5) is 0 Å². The van der Waals surface area contributed by atoms with Crippen molar-refractivity contribution in [3.8, 4) is 0 Å². The minimum atomic E-state index is 0. The molecule has 3 fully saturated rings. The van der Waals surface area contributed by atoms with E-state index in [2.05, 4.69) is 22.5 Å². The lowest BCUT2D eigenvalue weighted by Gasteiger charge is -2.33. The first kappa shape index (κ1) is 22.2. The van der Waals surface area contributed by atoms with E-state index in [-0.39, 0.29) is 24.0 Å². The highest BCUT2D eigenvalue weighted by atomic mass is 127. The largest absolute Gasteiger partial charge is 0.381 e. The molecule has 7 heteroatoms. The highest BCUT2D eigenvalue weighted by molar-refractivity contribution is 14.0. The van der Waals surface area contributed by atoms with E-state index in [1.54, 1.807) is 0 Å². The van der Waals surface area contributed by atoms with E-state index in [9.17, 15) is 0 Å². The first-order valence-corrected chi connectivity index (χ1v) is 10.3. The minimum absolute atomic E-state index is 0. The molecule has 3 aliphatic rings. The summed E-state index contributed by atoms with van der Waals surface area (Å²) in [7, 11) is 0. The molecule has 0 aromatic rings. The third kappa shape index (κ3) is 7.86. The van der Waals surface area contributed by atoms with E-state index in [0.29, 0.717) is 12.0 Å². The van der Waals surface area contributed by atoms with Crippen molar-refractivity contribution >= 4 is 29.9 Å². The van der Waals surface area contributed by atoms with Gasteiger partial charge >= 0.3 is 0 Å². The van der Waals surface area contributed by atoms with E-state index in [0.717, 1.165) is 64.4 Å². The molecule has 1 saturated carbocycles. The number of piperidine rings is 1. The molecule has 1 aliphatic carbocycles. The molecule has 26 heavy (non-hydrogen) atoms. The SMILES string of the molecule is CCNC(=NCCCOCC1CCOC1)NC1CCN(C2CC2)CC1.I. The Kier molecular flexibility index (Phi) is 10.5. The predicted molar refractivity (Wildman–Crippen MR) is 117 cm³/mol. The number of ether oxygens (including phenoxy) is 2. The summed E-state index contributed by atoms with van der Waals surface area (Å²) < 4.78 is 11.1. The van der Waals surface area contributed by atoms with E-state index >= 15 is 0 Å². The standard InChI is InChI=1S/C19H36N4O2.HI/c1-2-20-19(21-9-3-12-24-14-16-8-13-25-15-16)22-17-6-10-23(11-7-17)18-4-5-18;/h16-18H,2-15H2,1H3,(H2,20,21,22);1H. The van der Waals surface area contributed by atoms with Gasteiger partial charge in [-0.15, -0.1) is 24.0 Å². The number of nitrogens with one attached hydrogen (secondary N) is 2. The number of aliphatic imine (C=N–C) groups is 1. The van der Waals surface area contributed by atoms with Gasteiger partial charge in [-0.05, 0) is 45.4 Å². The van der Waals surface area contributed by atoms with Crippen LogP contribution in [0, 0.1) is 5.92 Å². The van der Waals surface area contributed by atoms with Crippen LogP contribution in [0.25, 0.3) is 0 Å². The monoisotopic (exact) mass is 480 g/mol. The highest BCUT2D eigenvalue weighted by Crippen LogP contribution is 2.29. The number of rotatable bonds is 9. The summed E-state index contributed by atoms with van der Waals surface area (Å²) in [6, 6.07) is 1.46. The first-order chi connectivity index (χ1) is 12.3. The Labute approximate surface area is 175 Å². The van der Waals surface area contributed by atoms with Gasteiger partial charge in [-0.3, -0.25) is 4.99 Å². The lowest BCUT2D eigenvalue weighted by molar-refractivity contribution is 0.0893. The van der Waals surface area contributed by atoms with Gasteiger partial charge in [0.15, 0.2) is 5.96 Å². The van der Waals surface area contributed by atoms with Crippen molar-refractivity contribution in [2.45, 2.75) is 57.5 Å². The lowest BCUT2D eigenvalue weighted by atomic mass is 10.1. The van der Waals surface area contributed by atoms with Gasteiger partial charge in [0.25, 0.3) is 0 Å². The summed E-state index contributed by atoms with van der Waals surface area (Å²) in [4.78, 5) is 7.38. The number of guanidine groups is 1. The maximum Gasteiger partial charge on any atom is 0.191 e. The quantitative estimate of drug-likeness (QED) is 0.230. The zero-order chi connectivity index (χ0) is 17.3. The first-order valence-electron chi connectivity index (χ1n) is 10.3. The van der Waals surface area contributed by atoms with Crippen molar-refractivity contribution in [2.75, 3.05) is 52.6 Å². The van der Waals surface area contributed by atoms with Crippen LogP contribution in [-0.4, -0.2) is 75.5 Å². The molecule has 0 radical (unpaired) electrons. The molecule has 0 aromatic heterocycles. The van der Waals surface area contributed by atoms with E-state index < -0.39 is 0 Å². The predicted octanol–water partition coefficient (Wildman–Crippen LogP) is 2.23. The van der Waals surface area contributed by atoms with E-state index in [1.165, 1.54) is 38.8 Å². The summed E-state index contributed by atoms with van der Waals surface area (Å²) in [6.45, 7) is 9.71. The second-order valence-electron chi connectivity index (χ2n) is 7.60. The Morgan fingerprint density at radius 2 is 2.00 bits per heavy atom. The zero-order valence-electron chi connectivity index (χ0n) is 16.3. The summed E-state index contributed by atoms with van der Waals surface area (Å²) in [5, 5.41) is 7.01. The summed E-state index contributed by atoms with van der Waals surface area (Å²) in [6.07, 6.45) is 7.41. The normalized spacial score (nSPS) is 25.1. The Hall–Kier alpha value is -0.120. The van der Waals surface area contributed by atoms with E-state index in [4.69, 9.17) is 14.5 Å². The second-order valence-corrected chi connectivity index (χ2v) is 7.60. The van der Waals surface area contributed by atoms with Crippen LogP contribution in [0.15, 0.2) is 4.99 Å². The van der Waals surface area contributed by atoms with Gasteiger partial charge in [-0.1, -0.05) is 0 Å². The van der Waals surface area contributed by atoms with Crippen molar-refractivity contribution in [1.82, 2.24) is 15.5 Å². The lowest BCUT2D eigenvalue weighted by Crippen LogP contribution is -2.49. The summed E-state index contributed by atoms with van der Waals surface area (Å²) >= 11 is 0. The van der Waals surface area contributed by atoms with Gasteiger partial charge in [-0.25, -0.2) is 0 Å². The number of nitrogens with zero attached hydrogens (tertiary/aromatic N) is 2. The molecule has 0 amide bonds. The molecule has 0 aromatic carbocycles. The third-order valence-corrected chi connectivity index (χ3v) is 5.37. The van der Waals surface area contributed by atoms with Crippen LogP contribution >= 0.6 is 24.0 Å². The van der Waals surface area contributed by atoms with Gasteiger partial charge in [0, 0.05) is 57.4 Å². The van der Waals surface area contributed by atoms with Crippen LogP contribution < -0.4 is 10.6 Å². The molecule has 0 spiro atoms. The molecule has 1 unspecified atom stereocenters.